The van der Waals surface area contributed by atoms with Crippen LogP contribution in [-0.2, 0) is 14.8 Å². The molecule has 7 nitrogen and oxygen atoms in total. The SMILES string of the molecule is COC1(CNS(=O)(=O)c2cc([N+](=O)[O-])ccc2C)CCSC1. The standard InChI is InChI=1S/C13H18N2O5S2/c1-10-3-4-11(15(16)17)7-12(10)22(18,19)14-8-13(20-2)5-6-21-9-13/h3-4,7,14H,5-6,8-9H2,1-2H3. The van der Waals surface area contributed by atoms with Gasteiger partial charge in [0.2, 0.25) is 10.0 Å². The van der Waals surface area contributed by atoms with Gasteiger partial charge in [0.15, 0.2) is 0 Å². The molecule has 0 saturated carbocycles. The van der Waals surface area contributed by atoms with Crippen molar-refractivity contribution in [3.8, 4) is 0 Å². The molecule has 1 aromatic carbocycles. The number of rotatable bonds is 6. The van der Waals surface area contributed by atoms with Crippen LogP contribution in [-0.4, -0.2) is 44.1 Å². The highest BCUT2D eigenvalue weighted by Gasteiger charge is 2.36. The third-order valence-corrected chi connectivity index (χ3v) is 6.52. The second-order valence-electron chi connectivity index (χ2n) is 5.22. The fraction of sp³-hybridized carbons (Fsp3) is 0.538. The Morgan fingerprint density at radius 1 is 1.50 bits per heavy atom. The molecule has 1 saturated heterocycles. The zero-order valence-electron chi connectivity index (χ0n) is 12.4. The molecule has 122 valence electrons. The Hall–Kier alpha value is -1.16. The molecule has 1 heterocycles. The van der Waals surface area contributed by atoms with E-state index in [4.69, 9.17) is 4.74 Å². The topological polar surface area (TPSA) is 98.5 Å². The molecule has 1 atom stereocenters. The van der Waals surface area contributed by atoms with Crippen molar-refractivity contribution in [2.75, 3.05) is 25.2 Å². The first kappa shape index (κ1) is 17.2. The highest BCUT2D eigenvalue weighted by Crippen LogP contribution is 2.31. The van der Waals surface area contributed by atoms with Crippen molar-refractivity contribution < 1.29 is 18.1 Å². The molecule has 22 heavy (non-hydrogen) atoms. The lowest BCUT2D eigenvalue weighted by atomic mass is 10.0. The summed E-state index contributed by atoms with van der Waals surface area (Å²) < 4.78 is 32.9. The number of methoxy groups -OCH3 is 1. The van der Waals surface area contributed by atoms with Gasteiger partial charge in [-0.15, -0.1) is 0 Å². The number of aryl methyl sites for hydroxylation is 1. The minimum absolute atomic E-state index is 0.0707. The fourth-order valence-corrected chi connectivity index (χ4v) is 5.03. The first-order valence-electron chi connectivity index (χ1n) is 6.67. The van der Waals surface area contributed by atoms with E-state index in [9.17, 15) is 18.5 Å². The number of nitro groups is 1. The van der Waals surface area contributed by atoms with Crippen molar-refractivity contribution in [2.45, 2.75) is 23.8 Å². The van der Waals surface area contributed by atoms with E-state index in [1.54, 1.807) is 25.8 Å². The average Bonchev–Trinajstić information content (AvgIpc) is 2.95. The third-order valence-electron chi connectivity index (χ3n) is 3.76. The van der Waals surface area contributed by atoms with E-state index in [1.165, 1.54) is 12.1 Å². The van der Waals surface area contributed by atoms with E-state index >= 15 is 0 Å². The molecule has 0 amide bonds. The van der Waals surface area contributed by atoms with Gasteiger partial charge in [0.25, 0.3) is 5.69 Å². The molecular weight excluding hydrogens is 328 g/mol. The largest absolute Gasteiger partial charge is 0.376 e. The molecule has 2 rings (SSSR count). The van der Waals surface area contributed by atoms with Gasteiger partial charge in [0.05, 0.1) is 15.4 Å². The molecule has 0 radical (unpaired) electrons. The summed E-state index contributed by atoms with van der Waals surface area (Å²) in [5.41, 5.74) is -0.291. The normalized spacial score (nSPS) is 21.9. The van der Waals surface area contributed by atoms with Gasteiger partial charge in [-0.1, -0.05) is 6.07 Å². The number of sulfonamides is 1. The summed E-state index contributed by atoms with van der Waals surface area (Å²) in [5.74, 6) is 1.64. The molecule has 1 N–H and O–H groups in total. The van der Waals surface area contributed by atoms with Crippen molar-refractivity contribution in [2.24, 2.45) is 0 Å². The van der Waals surface area contributed by atoms with Crippen molar-refractivity contribution in [3.05, 3.63) is 33.9 Å². The van der Waals surface area contributed by atoms with Gasteiger partial charge < -0.3 is 4.74 Å². The van der Waals surface area contributed by atoms with Crippen LogP contribution in [0.1, 0.15) is 12.0 Å². The van der Waals surface area contributed by atoms with E-state index in [-0.39, 0.29) is 17.1 Å². The number of nitrogens with zero attached hydrogens (tertiary/aromatic N) is 1. The van der Waals surface area contributed by atoms with Crippen LogP contribution in [0, 0.1) is 17.0 Å². The number of nitro benzene ring substituents is 1. The second kappa shape index (κ2) is 6.53. The van der Waals surface area contributed by atoms with Crippen LogP contribution >= 0.6 is 11.8 Å². The molecule has 0 spiro atoms. The Morgan fingerprint density at radius 2 is 2.23 bits per heavy atom. The monoisotopic (exact) mass is 346 g/mol. The van der Waals surface area contributed by atoms with Gasteiger partial charge in [0.1, 0.15) is 0 Å². The van der Waals surface area contributed by atoms with Crippen molar-refractivity contribution in [1.29, 1.82) is 0 Å². The number of nitrogens with one attached hydrogen (secondary N) is 1. The highest BCUT2D eigenvalue weighted by atomic mass is 32.2. The molecule has 1 aliphatic heterocycles. The number of ether oxygens (including phenoxy) is 1. The minimum Gasteiger partial charge on any atom is -0.376 e. The summed E-state index contributed by atoms with van der Waals surface area (Å²) in [5, 5.41) is 10.8. The smallest absolute Gasteiger partial charge is 0.270 e. The van der Waals surface area contributed by atoms with Crippen LogP contribution in [0.3, 0.4) is 0 Å². The van der Waals surface area contributed by atoms with E-state index in [0.29, 0.717) is 5.56 Å². The maximum absolute atomic E-state index is 12.4. The molecule has 1 aromatic rings. The summed E-state index contributed by atoms with van der Waals surface area (Å²) in [6.45, 7) is 1.76. The van der Waals surface area contributed by atoms with Crippen LogP contribution in [0.25, 0.3) is 0 Å². The first-order valence-corrected chi connectivity index (χ1v) is 9.31. The lowest BCUT2D eigenvalue weighted by molar-refractivity contribution is -0.385. The van der Waals surface area contributed by atoms with E-state index in [1.807, 2.05) is 0 Å². The molecule has 0 bridgehead atoms. The Balaban J connectivity index is 2.23. The van der Waals surface area contributed by atoms with Gasteiger partial charge in [-0.2, -0.15) is 11.8 Å². The van der Waals surface area contributed by atoms with Crippen molar-refractivity contribution in [1.82, 2.24) is 4.72 Å². The van der Waals surface area contributed by atoms with E-state index in [2.05, 4.69) is 4.72 Å². The third kappa shape index (κ3) is 3.60. The van der Waals surface area contributed by atoms with Crippen LogP contribution in [0.4, 0.5) is 5.69 Å². The predicted molar refractivity (Wildman–Crippen MR) is 84.7 cm³/mol. The second-order valence-corrected chi connectivity index (χ2v) is 8.06. The van der Waals surface area contributed by atoms with Crippen LogP contribution < -0.4 is 4.72 Å². The molecule has 1 unspecified atom stereocenters. The molecular formula is C13H18N2O5S2. The zero-order chi connectivity index (χ0) is 16.4. The lowest BCUT2D eigenvalue weighted by Gasteiger charge is -2.26. The molecule has 1 aliphatic rings. The Kier molecular flexibility index (Phi) is 5.10. The fourth-order valence-electron chi connectivity index (χ4n) is 2.26. The number of benzene rings is 1. The van der Waals surface area contributed by atoms with Gasteiger partial charge >= 0.3 is 0 Å². The summed E-state index contributed by atoms with van der Waals surface area (Å²) in [6.07, 6.45) is 0.768. The van der Waals surface area contributed by atoms with Gasteiger partial charge in [-0.25, -0.2) is 13.1 Å². The number of non-ortho nitro benzene ring substituents is 1. The van der Waals surface area contributed by atoms with Gasteiger partial charge in [-0.05, 0) is 24.7 Å². The Labute approximate surface area is 133 Å². The zero-order valence-corrected chi connectivity index (χ0v) is 14.0. The molecule has 0 aromatic heterocycles. The van der Waals surface area contributed by atoms with Crippen LogP contribution in [0.2, 0.25) is 0 Å². The average molecular weight is 346 g/mol. The summed E-state index contributed by atoms with van der Waals surface area (Å²) in [4.78, 5) is 10.1. The predicted octanol–water partition coefficient (Wildman–Crippen LogP) is 1.70. The summed E-state index contributed by atoms with van der Waals surface area (Å²) in [7, 11) is -2.26. The van der Waals surface area contributed by atoms with Crippen LogP contribution in [0.15, 0.2) is 23.1 Å². The molecule has 1 fully saturated rings. The van der Waals surface area contributed by atoms with Crippen LogP contribution in [0.5, 0.6) is 0 Å². The maximum Gasteiger partial charge on any atom is 0.270 e. The summed E-state index contributed by atoms with van der Waals surface area (Å²) in [6, 6.07) is 3.81. The summed E-state index contributed by atoms with van der Waals surface area (Å²) >= 11 is 1.71. The quantitative estimate of drug-likeness (QED) is 0.622. The van der Waals surface area contributed by atoms with Gasteiger partial charge in [0, 0.05) is 31.5 Å². The molecule has 9 heteroatoms. The van der Waals surface area contributed by atoms with Crippen molar-refractivity contribution >= 4 is 27.5 Å². The Morgan fingerprint density at radius 3 is 2.77 bits per heavy atom. The molecule has 0 aliphatic carbocycles. The maximum atomic E-state index is 12.4. The Bertz CT molecular complexity index is 669. The van der Waals surface area contributed by atoms with Gasteiger partial charge in [-0.3, -0.25) is 10.1 Å². The van der Waals surface area contributed by atoms with E-state index in [0.717, 1.165) is 24.0 Å². The lowest BCUT2D eigenvalue weighted by Crippen LogP contribution is -2.44. The van der Waals surface area contributed by atoms with Crippen molar-refractivity contribution in [3.63, 3.8) is 0 Å². The first-order chi connectivity index (χ1) is 10.3. The highest BCUT2D eigenvalue weighted by molar-refractivity contribution is 7.99. The number of thioether (sulfide) groups is 1. The van der Waals surface area contributed by atoms with E-state index < -0.39 is 20.5 Å². The number of hydrogen-bond donors (Lipinski definition) is 1. The number of hydrogen-bond acceptors (Lipinski definition) is 6. The minimum atomic E-state index is -3.83.